The van der Waals surface area contributed by atoms with Crippen LogP contribution in [0.3, 0.4) is 0 Å². The third-order valence-corrected chi connectivity index (χ3v) is 8.51. The maximum absolute atomic E-state index is 13.8. The number of anilines is 3. The fourth-order valence-corrected chi connectivity index (χ4v) is 5.92. The summed E-state index contributed by atoms with van der Waals surface area (Å²) in [7, 11) is -3.80. The van der Waals surface area contributed by atoms with Gasteiger partial charge in [-0.15, -0.1) is 0 Å². The highest BCUT2D eigenvalue weighted by Gasteiger charge is 2.26. The average Bonchev–Trinajstić information content (AvgIpc) is 2.95. The molecule has 212 valence electrons. The Balaban J connectivity index is 1.30. The number of nitrogens with zero attached hydrogens (tertiary/aromatic N) is 3. The summed E-state index contributed by atoms with van der Waals surface area (Å²) < 4.78 is 41.3. The Labute approximate surface area is 234 Å². The Morgan fingerprint density at radius 2 is 1.55 bits per heavy atom. The number of hydrogen-bond acceptors (Lipinski definition) is 5. The van der Waals surface area contributed by atoms with Gasteiger partial charge in [-0.1, -0.05) is 36.8 Å². The van der Waals surface area contributed by atoms with E-state index < -0.39 is 21.7 Å². The van der Waals surface area contributed by atoms with Crippen LogP contribution in [0.25, 0.3) is 0 Å². The van der Waals surface area contributed by atoms with E-state index in [9.17, 15) is 22.4 Å². The van der Waals surface area contributed by atoms with Crippen LogP contribution in [0.2, 0.25) is 0 Å². The van der Waals surface area contributed by atoms with E-state index in [0.29, 0.717) is 38.3 Å². The van der Waals surface area contributed by atoms with E-state index >= 15 is 0 Å². The maximum Gasteiger partial charge on any atom is 0.322 e. The van der Waals surface area contributed by atoms with E-state index in [4.69, 9.17) is 0 Å². The monoisotopic (exact) mass is 567 g/mol. The maximum atomic E-state index is 13.8. The first-order valence-corrected chi connectivity index (χ1v) is 14.6. The van der Waals surface area contributed by atoms with Crippen LogP contribution in [0.5, 0.6) is 0 Å². The Morgan fingerprint density at radius 1 is 0.900 bits per heavy atom. The summed E-state index contributed by atoms with van der Waals surface area (Å²) in [6, 6.07) is 19.6. The Bertz CT molecular complexity index is 1420. The van der Waals surface area contributed by atoms with Gasteiger partial charge in [-0.2, -0.15) is 4.31 Å². The molecule has 0 aromatic heterocycles. The molecule has 1 saturated heterocycles. The first-order valence-electron chi connectivity index (χ1n) is 13.2. The van der Waals surface area contributed by atoms with Crippen molar-refractivity contribution < 1.29 is 22.4 Å². The Morgan fingerprint density at radius 3 is 2.17 bits per heavy atom. The topological polar surface area (TPSA) is 102 Å². The number of amides is 3. The van der Waals surface area contributed by atoms with E-state index in [2.05, 4.69) is 15.5 Å². The molecule has 0 bridgehead atoms. The van der Waals surface area contributed by atoms with Crippen LogP contribution in [0.1, 0.15) is 18.9 Å². The predicted molar refractivity (Wildman–Crippen MR) is 155 cm³/mol. The van der Waals surface area contributed by atoms with Crippen molar-refractivity contribution in [2.75, 3.05) is 54.8 Å². The molecule has 9 nitrogen and oxygen atoms in total. The SMILES string of the molecule is CCCN(CC(=O)Nc1ccc(N2CCN(C(=O)Nc3ccccc3F)CC2)cc1)S(=O)(=O)c1ccc(C)cc1. The molecule has 0 saturated carbocycles. The molecule has 3 amide bonds. The Kier molecular flexibility index (Phi) is 9.38. The summed E-state index contributed by atoms with van der Waals surface area (Å²) in [5, 5.41) is 5.40. The number of rotatable bonds is 9. The molecule has 0 atom stereocenters. The van der Waals surface area contributed by atoms with E-state index in [1.54, 1.807) is 53.4 Å². The number of para-hydroxylation sites is 1. The molecule has 3 aromatic carbocycles. The lowest BCUT2D eigenvalue weighted by Crippen LogP contribution is -2.50. The molecule has 1 fully saturated rings. The van der Waals surface area contributed by atoms with Gasteiger partial charge in [-0.3, -0.25) is 4.79 Å². The first kappa shape index (κ1) is 29.0. The van der Waals surface area contributed by atoms with Crippen LogP contribution in [-0.4, -0.2) is 68.8 Å². The van der Waals surface area contributed by atoms with E-state index in [1.165, 1.54) is 16.4 Å². The van der Waals surface area contributed by atoms with Gasteiger partial charge in [0.15, 0.2) is 0 Å². The smallest absolute Gasteiger partial charge is 0.322 e. The Hall–Kier alpha value is -3.96. The highest BCUT2D eigenvalue weighted by molar-refractivity contribution is 7.89. The van der Waals surface area contributed by atoms with Crippen molar-refractivity contribution in [3.8, 4) is 0 Å². The van der Waals surface area contributed by atoms with Crippen LogP contribution in [0.15, 0.2) is 77.7 Å². The number of carbonyl (C=O) groups is 2. The third-order valence-electron chi connectivity index (χ3n) is 6.65. The van der Waals surface area contributed by atoms with Gasteiger partial charge >= 0.3 is 6.03 Å². The second kappa shape index (κ2) is 12.9. The lowest BCUT2D eigenvalue weighted by Gasteiger charge is -2.36. The normalized spacial score (nSPS) is 13.8. The van der Waals surface area contributed by atoms with Gasteiger partial charge in [0, 0.05) is 44.1 Å². The molecular weight excluding hydrogens is 533 g/mol. The molecule has 0 aliphatic carbocycles. The summed E-state index contributed by atoms with van der Waals surface area (Å²) >= 11 is 0. The predicted octanol–water partition coefficient (Wildman–Crippen LogP) is 4.53. The van der Waals surface area contributed by atoms with Crippen LogP contribution in [0, 0.1) is 12.7 Å². The number of aryl methyl sites for hydroxylation is 1. The second-order valence-corrected chi connectivity index (χ2v) is 11.6. The van der Waals surface area contributed by atoms with Crippen molar-refractivity contribution in [1.82, 2.24) is 9.21 Å². The van der Waals surface area contributed by atoms with Crippen molar-refractivity contribution in [3.05, 3.63) is 84.2 Å². The molecule has 1 aliphatic rings. The van der Waals surface area contributed by atoms with Crippen LogP contribution in [0.4, 0.5) is 26.2 Å². The molecule has 40 heavy (non-hydrogen) atoms. The standard InChI is InChI=1S/C29H34FN5O4S/c1-3-16-35(40(38,39)25-14-8-22(2)9-15-25)21-28(36)31-23-10-12-24(13-11-23)33-17-19-34(20-18-33)29(37)32-27-7-5-4-6-26(27)30/h4-15H,3,16-21H2,1-2H3,(H,31,36)(H,32,37). The molecule has 0 radical (unpaired) electrons. The number of piperazine rings is 1. The van der Waals surface area contributed by atoms with Gasteiger partial charge in [0.25, 0.3) is 0 Å². The number of benzene rings is 3. The first-order chi connectivity index (χ1) is 19.2. The molecule has 4 rings (SSSR count). The van der Waals surface area contributed by atoms with E-state index in [-0.39, 0.29) is 29.7 Å². The van der Waals surface area contributed by atoms with Gasteiger partial charge in [-0.05, 0) is 61.9 Å². The van der Waals surface area contributed by atoms with Crippen LogP contribution >= 0.6 is 0 Å². The fourth-order valence-electron chi connectivity index (χ4n) is 4.43. The van der Waals surface area contributed by atoms with E-state index in [1.807, 2.05) is 26.0 Å². The minimum Gasteiger partial charge on any atom is -0.368 e. The van der Waals surface area contributed by atoms with Gasteiger partial charge < -0.3 is 20.4 Å². The number of hydrogen-bond donors (Lipinski definition) is 2. The zero-order valence-corrected chi connectivity index (χ0v) is 23.5. The summed E-state index contributed by atoms with van der Waals surface area (Å²) in [5.41, 5.74) is 2.59. The van der Waals surface area contributed by atoms with Gasteiger partial charge in [0.1, 0.15) is 5.82 Å². The van der Waals surface area contributed by atoms with Gasteiger partial charge in [-0.25, -0.2) is 17.6 Å². The van der Waals surface area contributed by atoms with Crippen molar-refractivity contribution in [1.29, 1.82) is 0 Å². The third kappa shape index (κ3) is 7.16. The highest BCUT2D eigenvalue weighted by Crippen LogP contribution is 2.21. The number of nitrogens with one attached hydrogen (secondary N) is 2. The zero-order valence-electron chi connectivity index (χ0n) is 22.6. The lowest BCUT2D eigenvalue weighted by molar-refractivity contribution is -0.116. The van der Waals surface area contributed by atoms with Gasteiger partial charge in [0.2, 0.25) is 15.9 Å². The molecule has 3 aromatic rings. The summed E-state index contributed by atoms with van der Waals surface area (Å²) in [6.45, 7) is 5.83. The second-order valence-electron chi connectivity index (χ2n) is 9.63. The van der Waals surface area contributed by atoms with Crippen molar-refractivity contribution in [2.45, 2.75) is 25.2 Å². The largest absolute Gasteiger partial charge is 0.368 e. The number of carbonyl (C=O) groups excluding carboxylic acids is 2. The summed E-state index contributed by atoms with van der Waals surface area (Å²) in [4.78, 5) is 29.2. The van der Waals surface area contributed by atoms with Crippen LogP contribution < -0.4 is 15.5 Å². The minimum atomic E-state index is -3.80. The molecular formula is C29H34FN5O4S. The average molecular weight is 568 g/mol. The summed E-state index contributed by atoms with van der Waals surface area (Å²) in [5.74, 6) is -0.904. The van der Waals surface area contributed by atoms with E-state index in [0.717, 1.165) is 11.3 Å². The number of urea groups is 1. The number of sulfonamides is 1. The van der Waals surface area contributed by atoms with Gasteiger partial charge in [0.05, 0.1) is 17.1 Å². The molecule has 2 N–H and O–H groups in total. The van der Waals surface area contributed by atoms with Crippen LogP contribution in [-0.2, 0) is 14.8 Å². The quantitative estimate of drug-likeness (QED) is 0.396. The zero-order chi connectivity index (χ0) is 28.7. The lowest BCUT2D eigenvalue weighted by atomic mass is 10.2. The van der Waals surface area contributed by atoms with Crippen molar-refractivity contribution >= 4 is 39.0 Å². The summed E-state index contributed by atoms with van der Waals surface area (Å²) in [6.07, 6.45) is 0.575. The fraction of sp³-hybridized carbons (Fsp3) is 0.310. The minimum absolute atomic E-state index is 0.151. The highest BCUT2D eigenvalue weighted by atomic mass is 32.2. The number of halogens is 1. The molecule has 1 heterocycles. The molecule has 11 heteroatoms. The molecule has 0 spiro atoms. The van der Waals surface area contributed by atoms with Crippen molar-refractivity contribution in [3.63, 3.8) is 0 Å². The van der Waals surface area contributed by atoms with Crippen molar-refractivity contribution in [2.24, 2.45) is 0 Å². The molecule has 1 aliphatic heterocycles. The molecule has 0 unspecified atom stereocenters.